The molecule has 3 aliphatic rings. The van der Waals surface area contributed by atoms with Crippen molar-refractivity contribution in [3.8, 4) is 5.75 Å². The molecule has 1 spiro atoms. The van der Waals surface area contributed by atoms with Crippen LogP contribution in [0.25, 0.3) is 0 Å². The number of hydrogen-bond donors (Lipinski definition) is 0. The second-order valence-corrected chi connectivity index (χ2v) is 14.8. The minimum absolute atomic E-state index is 0.00563. The van der Waals surface area contributed by atoms with E-state index >= 15 is 0 Å². The summed E-state index contributed by atoms with van der Waals surface area (Å²) < 4.78 is 37.0. The number of benzene rings is 1. The van der Waals surface area contributed by atoms with Gasteiger partial charge in [-0.2, -0.15) is 12.7 Å². The van der Waals surface area contributed by atoms with Crippen molar-refractivity contribution in [2.45, 2.75) is 114 Å². The Labute approximate surface area is 216 Å². The molecule has 0 N–H and O–H groups in total. The van der Waals surface area contributed by atoms with Gasteiger partial charge in [-0.15, -0.1) is 16.8 Å². The molecule has 4 rings (SSSR count). The summed E-state index contributed by atoms with van der Waals surface area (Å²) in [5, 5.41) is 3.00. The highest BCUT2D eigenvalue weighted by Gasteiger charge is 2.64. The number of fused-ring (bicyclic) bond motifs is 1. The Morgan fingerprint density at radius 1 is 1.20 bits per heavy atom. The minimum atomic E-state index is -3.57. The van der Waals surface area contributed by atoms with E-state index in [1.807, 2.05) is 6.92 Å². The van der Waals surface area contributed by atoms with Gasteiger partial charge in [-0.3, -0.25) is 4.99 Å². The highest BCUT2D eigenvalue weighted by Crippen LogP contribution is 2.51. The molecule has 0 amide bonds. The number of rotatable bonds is 9. The fourth-order valence-corrected chi connectivity index (χ4v) is 8.37. The van der Waals surface area contributed by atoms with Gasteiger partial charge in [-0.05, 0) is 67.9 Å². The number of hydrogen-bond acceptors (Lipinski definition) is 7. The van der Waals surface area contributed by atoms with Crippen molar-refractivity contribution in [2.24, 2.45) is 4.99 Å². The van der Waals surface area contributed by atoms with E-state index in [-0.39, 0.29) is 22.1 Å². The van der Waals surface area contributed by atoms with Crippen molar-refractivity contribution in [2.75, 3.05) is 13.2 Å². The van der Waals surface area contributed by atoms with Crippen LogP contribution in [0.4, 0.5) is 0 Å². The highest BCUT2D eigenvalue weighted by atomic mass is 32.2. The molecule has 0 aromatic heterocycles. The Morgan fingerprint density at radius 2 is 1.91 bits per heavy atom. The predicted molar refractivity (Wildman–Crippen MR) is 145 cm³/mol. The summed E-state index contributed by atoms with van der Waals surface area (Å²) in [6.45, 7) is 16.6. The van der Waals surface area contributed by atoms with Gasteiger partial charge >= 0.3 is 10.1 Å². The molecule has 1 saturated carbocycles. The highest BCUT2D eigenvalue weighted by molar-refractivity contribution is 8.14. The van der Waals surface area contributed by atoms with Crippen molar-refractivity contribution in [1.82, 2.24) is 5.06 Å². The fraction of sp³-hybridized carbons (Fsp3) is 0.741. The van der Waals surface area contributed by atoms with Gasteiger partial charge in [0.2, 0.25) is 0 Å². The van der Waals surface area contributed by atoms with Gasteiger partial charge in [0.15, 0.2) is 4.87 Å². The predicted octanol–water partition coefficient (Wildman–Crippen LogP) is 6.19. The van der Waals surface area contributed by atoms with Gasteiger partial charge in [-0.25, -0.2) is 0 Å². The number of thioether (sulfide) groups is 1. The maximum atomic E-state index is 12.7. The van der Waals surface area contributed by atoms with Crippen LogP contribution in [0.3, 0.4) is 0 Å². The largest absolute Gasteiger partial charge is 0.493 e. The molecule has 35 heavy (non-hydrogen) atoms. The minimum Gasteiger partial charge on any atom is -0.493 e. The van der Waals surface area contributed by atoms with E-state index < -0.39 is 15.0 Å². The van der Waals surface area contributed by atoms with Crippen LogP contribution in [0.2, 0.25) is 0 Å². The first-order chi connectivity index (χ1) is 16.3. The van der Waals surface area contributed by atoms with E-state index in [0.717, 1.165) is 30.1 Å². The van der Waals surface area contributed by atoms with Crippen LogP contribution in [0, 0.1) is 0 Å². The topological polar surface area (TPSA) is 68.2 Å². The Bertz CT molecular complexity index is 1080. The summed E-state index contributed by atoms with van der Waals surface area (Å²) in [6, 6.07) is 6.87. The van der Waals surface area contributed by atoms with Crippen LogP contribution in [0.5, 0.6) is 5.75 Å². The molecule has 0 radical (unpaired) electrons. The van der Waals surface area contributed by atoms with E-state index in [1.165, 1.54) is 11.1 Å². The average Bonchev–Trinajstić information content (AvgIpc) is 3.19. The normalized spacial score (nSPS) is 28.5. The van der Waals surface area contributed by atoms with Gasteiger partial charge in [-0.1, -0.05) is 53.7 Å². The first kappa shape index (κ1) is 27.0. The van der Waals surface area contributed by atoms with Gasteiger partial charge in [0, 0.05) is 17.4 Å². The third-order valence-electron chi connectivity index (χ3n) is 8.58. The molecule has 3 atom stereocenters. The van der Waals surface area contributed by atoms with Crippen molar-refractivity contribution in [3.05, 3.63) is 29.3 Å². The molecule has 2 aliphatic heterocycles. The van der Waals surface area contributed by atoms with Crippen LogP contribution < -0.4 is 4.74 Å². The number of ether oxygens (including phenoxy) is 1. The molecule has 1 aromatic carbocycles. The van der Waals surface area contributed by atoms with E-state index in [4.69, 9.17) is 9.02 Å². The molecule has 2 fully saturated rings. The Kier molecular flexibility index (Phi) is 7.44. The lowest BCUT2D eigenvalue weighted by molar-refractivity contribution is -0.179. The fourth-order valence-electron chi connectivity index (χ4n) is 5.30. The first-order valence-corrected chi connectivity index (χ1v) is 15.3. The molecule has 1 aromatic rings. The van der Waals surface area contributed by atoms with E-state index in [0.29, 0.717) is 32.4 Å². The number of nitrogens with zero attached hydrogens (tertiary/aromatic N) is 2. The van der Waals surface area contributed by atoms with E-state index in [9.17, 15) is 8.42 Å². The third kappa shape index (κ3) is 4.92. The van der Waals surface area contributed by atoms with Crippen molar-refractivity contribution < 1.29 is 17.4 Å². The molecular weight excluding hydrogens is 480 g/mol. The molecule has 1 aliphatic carbocycles. The zero-order valence-electron chi connectivity index (χ0n) is 22.4. The summed E-state index contributed by atoms with van der Waals surface area (Å²) in [5.74, 6) is 0.926. The molecule has 1 saturated heterocycles. The number of hydroxylamine groups is 2. The van der Waals surface area contributed by atoms with Crippen molar-refractivity contribution in [3.63, 3.8) is 0 Å². The summed E-state index contributed by atoms with van der Waals surface area (Å²) >= 11 is 1.72. The zero-order valence-corrected chi connectivity index (χ0v) is 24.0. The van der Waals surface area contributed by atoms with E-state index in [1.54, 1.807) is 16.8 Å². The zero-order chi connectivity index (χ0) is 25.6. The van der Waals surface area contributed by atoms with Crippen molar-refractivity contribution in [1.29, 1.82) is 0 Å². The summed E-state index contributed by atoms with van der Waals surface area (Å²) in [5.41, 5.74) is 2.70. The molecule has 3 unspecified atom stereocenters. The lowest BCUT2D eigenvalue weighted by Crippen LogP contribution is -2.68. The third-order valence-corrected chi connectivity index (χ3v) is 11.7. The standard InChI is InChI=1S/C27H42N2O4S2/c1-8-25(4,5)20-11-12-23(21(17-20)26(6,7)9-2)32-16-10-15-29-27(35(30,31)33-29)14-13-22-24(18-27)34-19(3)28-22/h11-12,17,22,24H,8-10,13-16,18H2,1-7H3. The monoisotopic (exact) mass is 522 g/mol. The van der Waals surface area contributed by atoms with Crippen molar-refractivity contribution >= 4 is 26.9 Å². The maximum Gasteiger partial charge on any atom is 0.305 e. The number of aliphatic imine (C=N–C) groups is 1. The van der Waals surface area contributed by atoms with Crippen LogP contribution in [-0.4, -0.2) is 47.8 Å². The lowest BCUT2D eigenvalue weighted by atomic mass is 9.76. The quantitative estimate of drug-likeness (QED) is 0.360. The van der Waals surface area contributed by atoms with Gasteiger partial charge in [0.05, 0.1) is 17.7 Å². The molecular formula is C27H42N2O4S2. The average molecular weight is 523 g/mol. The van der Waals surface area contributed by atoms with E-state index in [2.05, 4.69) is 64.7 Å². The molecule has 2 heterocycles. The van der Waals surface area contributed by atoms with Gasteiger partial charge in [0.1, 0.15) is 5.75 Å². The Morgan fingerprint density at radius 3 is 2.57 bits per heavy atom. The molecule has 6 nitrogen and oxygen atoms in total. The van der Waals surface area contributed by atoms with Crippen LogP contribution in [-0.2, 0) is 25.2 Å². The Balaban J connectivity index is 1.41. The van der Waals surface area contributed by atoms with Gasteiger partial charge < -0.3 is 4.74 Å². The van der Waals surface area contributed by atoms with Crippen LogP contribution in [0.1, 0.15) is 98.1 Å². The summed E-state index contributed by atoms with van der Waals surface area (Å²) in [6.07, 6.45) is 4.74. The second kappa shape index (κ2) is 9.66. The van der Waals surface area contributed by atoms with Gasteiger partial charge in [0.25, 0.3) is 0 Å². The summed E-state index contributed by atoms with van der Waals surface area (Å²) in [4.78, 5) is 3.78. The smallest absolute Gasteiger partial charge is 0.305 e. The van der Waals surface area contributed by atoms with Crippen LogP contribution in [0.15, 0.2) is 23.2 Å². The molecule has 196 valence electrons. The maximum absolute atomic E-state index is 12.7. The Hall–Kier alpha value is -1.09. The molecule has 8 heteroatoms. The van der Waals surface area contributed by atoms with Crippen LogP contribution >= 0.6 is 11.8 Å². The SMILES string of the molecule is CCC(C)(C)c1ccc(OCCCN2OS(=O)(=O)C23CCC2N=C(C)SC2C3)c(C(C)(C)CC)c1. The summed E-state index contributed by atoms with van der Waals surface area (Å²) in [7, 11) is -3.57. The second-order valence-electron chi connectivity index (χ2n) is 11.6. The first-order valence-electron chi connectivity index (χ1n) is 13.1. The molecule has 0 bridgehead atoms. The lowest BCUT2D eigenvalue weighted by Gasteiger charge is -2.52.